The molecule has 96 valence electrons. The monoisotopic (exact) mass is 284 g/mol. The van der Waals surface area contributed by atoms with Crippen molar-refractivity contribution in [3.05, 3.63) is 28.1 Å². The number of piperidine rings is 1. The molecular formula is C13H14Cl2N2O. The van der Waals surface area contributed by atoms with Crippen LogP contribution < -0.4 is 5.32 Å². The number of hydrogen-bond acceptors (Lipinski definition) is 3. The Kier molecular flexibility index (Phi) is 3.22. The maximum atomic E-state index is 6.10. The van der Waals surface area contributed by atoms with Crippen LogP contribution in [0.1, 0.15) is 31.7 Å². The number of nitrogens with one attached hydrogen (secondary N) is 1. The molecule has 2 aromatic rings. The molecule has 2 atom stereocenters. The third kappa shape index (κ3) is 2.22. The fourth-order valence-corrected chi connectivity index (χ4v) is 2.94. The largest absolute Gasteiger partial charge is 0.437 e. The van der Waals surface area contributed by atoms with E-state index in [2.05, 4.69) is 17.2 Å². The molecule has 3 rings (SSSR count). The van der Waals surface area contributed by atoms with E-state index in [9.17, 15) is 0 Å². The summed E-state index contributed by atoms with van der Waals surface area (Å²) < 4.78 is 5.78. The summed E-state index contributed by atoms with van der Waals surface area (Å²) in [4.78, 5) is 4.49. The number of benzene rings is 1. The lowest BCUT2D eigenvalue weighted by molar-refractivity contribution is 0.287. The van der Waals surface area contributed by atoms with Crippen molar-refractivity contribution in [2.45, 2.75) is 25.8 Å². The van der Waals surface area contributed by atoms with Crippen LogP contribution in [0.25, 0.3) is 11.1 Å². The van der Waals surface area contributed by atoms with Gasteiger partial charge in [-0.05, 0) is 37.4 Å². The molecule has 1 N–H and O–H groups in total. The quantitative estimate of drug-likeness (QED) is 0.853. The third-order valence-corrected chi connectivity index (χ3v) is 3.89. The molecule has 5 heteroatoms. The number of rotatable bonds is 1. The van der Waals surface area contributed by atoms with Crippen molar-refractivity contribution in [3.8, 4) is 0 Å². The first-order valence-electron chi connectivity index (χ1n) is 6.12. The van der Waals surface area contributed by atoms with Crippen LogP contribution in [0, 0.1) is 5.92 Å². The second-order valence-electron chi connectivity index (χ2n) is 4.92. The average molecular weight is 285 g/mol. The van der Waals surface area contributed by atoms with E-state index in [0.717, 1.165) is 18.5 Å². The lowest BCUT2D eigenvalue weighted by Gasteiger charge is -2.25. The average Bonchev–Trinajstić information content (AvgIpc) is 2.73. The summed E-state index contributed by atoms with van der Waals surface area (Å²) in [6, 6.07) is 3.63. The van der Waals surface area contributed by atoms with Crippen molar-refractivity contribution in [1.82, 2.24) is 10.3 Å². The summed E-state index contributed by atoms with van der Waals surface area (Å²) in [6.45, 7) is 3.25. The maximum absolute atomic E-state index is 6.10. The van der Waals surface area contributed by atoms with E-state index in [1.807, 2.05) is 0 Å². The fraction of sp³-hybridized carbons (Fsp3) is 0.462. The molecule has 1 aliphatic rings. The van der Waals surface area contributed by atoms with Crippen LogP contribution in [0.15, 0.2) is 16.5 Å². The molecule has 1 fully saturated rings. The van der Waals surface area contributed by atoms with E-state index >= 15 is 0 Å². The van der Waals surface area contributed by atoms with E-state index in [0.29, 0.717) is 27.4 Å². The number of aromatic nitrogens is 1. The van der Waals surface area contributed by atoms with Crippen molar-refractivity contribution < 1.29 is 4.42 Å². The fourth-order valence-electron chi connectivity index (χ4n) is 2.42. The Hall–Kier alpha value is -0.770. The molecule has 0 saturated carbocycles. The Labute approximate surface area is 115 Å². The molecule has 0 radical (unpaired) electrons. The number of nitrogens with zero attached hydrogens (tertiary/aromatic N) is 1. The summed E-state index contributed by atoms with van der Waals surface area (Å²) in [5.41, 5.74) is 1.35. The Balaban J connectivity index is 2.00. The topological polar surface area (TPSA) is 38.1 Å². The van der Waals surface area contributed by atoms with Gasteiger partial charge < -0.3 is 9.73 Å². The first kappa shape index (κ1) is 12.3. The second kappa shape index (κ2) is 4.72. The zero-order valence-corrected chi connectivity index (χ0v) is 11.6. The molecule has 3 nitrogen and oxygen atoms in total. The Morgan fingerprint density at radius 3 is 3.00 bits per heavy atom. The normalized spacial score (nSPS) is 24.6. The molecule has 0 amide bonds. The highest BCUT2D eigenvalue weighted by molar-refractivity contribution is 6.37. The van der Waals surface area contributed by atoms with Gasteiger partial charge in [-0.15, -0.1) is 0 Å². The van der Waals surface area contributed by atoms with E-state index in [-0.39, 0.29) is 6.04 Å². The Bertz CT molecular complexity index is 582. The lowest BCUT2D eigenvalue weighted by atomic mass is 9.94. The molecule has 1 saturated heterocycles. The standard InChI is InChI=1S/C13H14Cl2N2O/c1-7-2-3-16-11(4-7)13-17-10-6-8(14)5-9(15)12(10)18-13/h5-7,11,16H,2-4H2,1H3. The van der Waals surface area contributed by atoms with Gasteiger partial charge in [0.15, 0.2) is 5.58 Å². The number of oxazole rings is 1. The van der Waals surface area contributed by atoms with Gasteiger partial charge in [0, 0.05) is 5.02 Å². The van der Waals surface area contributed by atoms with Crippen LogP contribution >= 0.6 is 23.2 Å². The molecule has 0 aliphatic carbocycles. The predicted octanol–water partition coefficient (Wildman–Crippen LogP) is 4.20. The minimum absolute atomic E-state index is 0.177. The summed E-state index contributed by atoms with van der Waals surface area (Å²) in [5, 5.41) is 4.52. The minimum atomic E-state index is 0.177. The van der Waals surface area contributed by atoms with Crippen molar-refractivity contribution >= 4 is 34.3 Å². The van der Waals surface area contributed by atoms with Gasteiger partial charge in [0.25, 0.3) is 0 Å². The van der Waals surface area contributed by atoms with Crippen molar-refractivity contribution in [2.24, 2.45) is 5.92 Å². The highest BCUT2D eigenvalue weighted by Gasteiger charge is 2.24. The van der Waals surface area contributed by atoms with Gasteiger partial charge in [-0.25, -0.2) is 4.98 Å². The summed E-state index contributed by atoms with van der Waals surface area (Å²) in [6.07, 6.45) is 2.24. The molecule has 1 aliphatic heterocycles. The summed E-state index contributed by atoms with van der Waals surface area (Å²) in [5.74, 6) is 1.39. The second-order valence-corrected chi connectivity index (χ2v) is 5.77. The molecular weight excluding hydrogens is 271 g/mol. The smallest absolute Gasteiger partial charge is 0.212 e. The molecule has 1 aromatic carbocycles. The first-order chi connectivity index (χ1) is 8.63. The van der Waals surface area contributed by atoms with Crippen molar-refractivity contribution in [3.63, 3.8) is 0 Å². The zero-order chi connectivity index (χ0) is 12.7. The van der Waals surface area contributed by atoms with Crippen LogP contribution in [0.4, 0.5) is 0 Å². The summed E-state index contributed by atoms with van der Waals surface area (Å²) in [7, 11) is 0. The number of halogens is 2. The number of fused-ring (bicyclic) bond motifs is 1. The molecule has 0 spiro atoms. The van der Waals surface area contributed by atoms with Gasteiger partial charge in [-0.1, -0.05) is 30.1 Å². The van der Waals surface area contributed by atoms with Crippen LogP contribution in [0.2, 0.25) is 10.0 Å². The van der Waals surface area contributed by atoms with Gasteiger partial charge in [0.1, 0.15) is 5.52 Å². The lowest BCUT2D eigenvalue weighted by Crippen LogP contribution is -2.30. The molecule has 2 heterocycles. The predicted molar refractivity (Wildman–Crippen MR) is 73.2 cm³/mol. The van der Waals surface area contributed by atoms with Crippen LogP contribution in [0.3, 0.4) is 0 Å². The Morgan fingerprint density at radius 1 is 1.39 bits per heavy atom. The van der Waals surface area contributed by atoms with E-state index in [4.69, 9.17) is 27.6 Å². The molecule has 18 heavy (non-hydrogen) atoms. The molecule has 2 unspecified atom stereocenters. The van der Waals surface area contributed by atoms with Crippen molar-refractivity contribution in [1.29, 1.82) is 0 Å². The van der Waals surface area contributed by atoms with Crippen LogP contribution in [0.5, 0.6) is 0 Å². The minimum Gasteiger partial charge on any atom is -0.437 e. The van der Waals surface area contributed by atoms with Gasteiger partial charge in [-0.3, -0.25) is 0 Å². The Morgan fingerprint density at radius 2 is 2.22 bits per heavy atom. The summed E-state index contributed by atoms with van der Waals surface area (Å²) >= 11 is 12.1. The zero-order valence-electron chi connectivity index (χ0n) is 10.0. The van der Waals surface area contributed by atoms with Crippen LogP contribution in [-0.2, 0) is 0 Å². The first-order valence-corrected chi connectivity index (χ1v) is 6.88. The van der Waals surface area contributed by atoms with E-state index in [1.54, 1.807) is 12.1 Å². The maximum Gasteiger partial charge on any atom is 0.212 e. The SMILES string of the molecule is CC1CCNC(c2nc3cc(Cl)cc(Cl)c3o2)C1. The highest BCUT2D eigenvalue weighted by atomic mass is 35.5. The molecule has 1 aromatic heterocycles. The van der Waals surface area contributed by atoms with Crippen molar-refractivity contribution in [2.75, 3.05) is 6.54 Å². The highest BCUT2D eigenvalue weighted by Crippen LogP contribution is 2.33. The third-order valence-electron chi connectivity index (χ3n) is 3.39. The van der Waals surface area contributed by atoms with Gasteiger partial charge in [0.2, 0.25) is 5.89 Å². The number of hydrogen-bond donors (Lipinski definition) is 1. The van der Waals surface area contributed by atoms with Gasteiger partial charge >= 0.3 is 0 Å². The van der Waals surface area contributed by atoms with Gasteiger partial charge in [0.05, 0.1) is 11.1 Å². The molecule has 0 bridgehead atoms. The van der Waals surface area contributed by atoms with Gasteiger partial charge in [-0.2, -0.15) is 0 Å². The van der Waals surface area contributed by atoms with E-state index < -0.39 is 0 Å². The van der Waals surface area contributed by atoms with E-state index in [1.165, 1.54) is 6.42 Å². The van der Waals surface area contributed by atoms with Crippen LogP contribution in [-0.4, -0.2) is 11.5 Å².